The molecule has 1 aromatic carbocycles. The molecule has 6 nitrogen and oxygen atoms in total. The van der Waals surface area contributed by atoms with Gasteiger partial charge in [-0.2, -0.15) is 0 Å². The fourth-order valence-corrected chi connectivity index (χ4v) is 1.97. The molecule has 0 aliphatic heterocycles. The van der Waals surface area contributed by atoms with E-state index in [2.05, 4.69) is 31.5 Å². The first-order valence-corrected chi connectivity index (χ1v) is 6.61. The first-order valence-electron chi connectivity index (χ1n) is 5.82. The van der Waals surface area contributed by atoms with E-state index in [1.807, 2.05) is 25.1 Å². The maximum Gasteiger partial charge on any atom is 0.303 e. The molecule has 0 bridgehead atoms. The van der Waals surface area contributed by atoms with Gasteiger partial charge in [-0.3, -0.25) is 4.79 Å². The third-order valence-corrected chi connectivity index (χ3v) is 3.60. The minimum atomic E-state index is -0.811. The first-order chi connectivity index (χ1) is 9.08. The van der Waals surface area contributed by atoms with Gasteiger partial charge in [0.2, 0.25) is 0 Å². The summed E-state index contributed by atoms with van der Waals surface area (Å²) < 4.78 is 2.66. The lowest BCUT2D eigenvalue weighted by Gasteiger charge is -2.05. The molecule has 0 unspecified atom stereocenters. The van der Waals surface area contributed by atoms with Crippen LogP contribution < -0.4 is 0 Å². The Morgan fingerprint density at radius 2 is 2.26 bits per heavy atom. The second kappa shape index (κ2) is 5.92. The second-order valence-corrected chi connectivity index (χ2v) is 5.04. The van der Waals surface area contributed by atoms with Gasteiger partial charge in [0.15, 0.2) is 5.82 Å². The number of aromatic nitrogens is 4. The summed E-state index contributed by atoms with van der Waals surface area (Å²) in [7, 11) is 0. The molecule has 19 heavy (non-hydrogen) atoms. The molecular weight excluding hydrogens is 312 g/mol. The molecule has 0 fully saturated rings. The van der Waals surface area contributed by atoms with Crippen LogP contribution in [-0.4, -0.2) is 31.3 Å². The minimum Gasteiger partial charge on any atom is -0.481 e. The lowest BCUT2D eigenvalue weighted by molar-refractivity contribution is -0.137. The van der Waals surface area contributed by atoms with E-state index in [-0.39, 0.29) is 6.42 Å². The van der Waals surface area contributed by atoms with Crippen LogP contribution in [0.15, 0.2) is 22.7 Å². The van der Waals surface area contributed by atoms with Crippen molar-refractivity contribution in [2.45, 2.75) is 26.3 Å². The largest absolute Gasteiger partial charge is 0.481 e. The third-order valence-electron chi connectivity index (χ3n) is 2.71. The number of hydrogen-bond donors (Lipinski definition) is 1. The lowest BCUT2D eigenvalue weighted by atomic mass is 10.1. The molecule has 1 aromatic heterocycles. The minimum absolute atomic E-state index is 0.110. The van der Waals surface area contributed by atoms with Gasteiger partial charge in [-0.05, 0) is 47.5 Å². The monoisotopic (exact) mass is 324 g/mol. The van der Waals surface area contributed by atoms with Crippen LogP contribution in [0, 0.1) is 6.92 Å². The van der Waals surface area contributed by atoms with E-state index >= 15 is 0 Å². The molecule has 0 amide bonds. The average Bonchev–Trinajstić information content (AvgIpc) is 2.80. The predicted octanol–water partition coefficient (Wildman–Crippen LogP) is 2.28. The summed E-state index contributed by atoms with van der Waals surface area (Å²) in [6.45, 7) is 2.48. The summed E-state index contributed by atoms with van der Waals surface area (Å²) in [5.74, 6) is -0.157. The topological polar surface area (TPSA) is 80.9 Å². The highest BCUT2D eigenvalue weighted by Gasteiger charge is 2.10. The van der Waals surface area contributed by atoms with Crippen molar-refractivity contribution in [3.63, 3.8) is 0 Å². The molecule has 0 aliphatic carbocycles. The van der Waals surface area contributed by atoms with Crippen molar-refractivity contribution in [3.05, 3.63) is 28.2 Å². The molecule has 1 heterocycles. The number of halogens is 1. The molecule has 0 atom stereocenters. The Morgan fingerprint density at radius 3 is 2.95 bits per heavy atom. The molecule has 2 aromatic rings. The number of carboxylic acids is 1. The van der Waals surface area contributed by atoms with Gasteiger partial charge in [-0.25, -0.2) is 4.68 Å². The van der Waals surface area contributed by atoms with E-state index in [9.17, 15) is 4.79 Å². The Bertz CT molecular complexity index is 597. The lowest BCUT2D eigenvalue weighted by Crippen LogP contribution is -2.05. The summed E-state index contributed by atoms with van der Waals surface area (Å²) in [6.07, 6.45) is 0.613. The van der Waals surface area contributed by atoms with E-state index in [1.165, 1.54) is 0 Å². The van der Waals surface area contributed by atoms with Gasteiger partial charge in [0.1, 0.15) is 0 Å². The van der Waals surface area contributed by atoms with Crippen molar-refractivity contribution in [3.8, 4) is 11.4 Å². The van der Waals surface area contributed by atoms with Crippen molar-refractivity contribution in [1.29, 1.82) is 0 Å². The molecule has 0 aliphatic rings. The Labute approximate surface area is 118 Å². The Balaban J connectivity index is 2.18. The van der Waals surface area contributed by atoms with Crippen LogP contribution in [0.25, 0.3) is 11.4 Å². The third kappa shape index (κ3) is 3.37. The van der Waals surface area contributed by atoms with Gasteiger partial charge in [-0.15, -0.1) is 5.10 Å². The van der Waals surface area contributed by atoms with Crippen molar-refractivity contribution in [2.75, 3.05) is 0 Å². The Kier molecular flexibility index (Phi) is 4.26. The van der Waals surface area contributed by atoms with Gasteiger partial charge < -0.3 is 5.11 Å². The van der Waals surface area contributed by atoms with Crippen LogP contribution in [0.1, 0.15) is 18.4 Å². The van der Waals surface area contributed by atoms with E-state index in [0.29, 0.717) is 18.8 Å². The molecular formula is C12H13BrN4O2. The van der Waals surface area contributed by atoms with E-state index in [1.54, 1.807) is 4.68 Å². The van der Waals surface area contributed by atoms with Crippen molar-refractivity contribution < 1.29 is 9.90 Å². The zero-order chi connectivity index (χ0) is 13.8. The molecule has 0 radical (unpaired) electrons. The number of nitrogens with zero attached hydrogens (tertiary/aromatic N) is 4. The zero-order valence-electron chi connectivity index (χ0n) is 10.4. The van der Waals surface area contributed by atoms with Crippen LogP contribution in [0.4, 0.5) is 0 Å². The Hall–Kier alpha value is -1.76. The summed E-state index contributed by atoms with van der Waals surface area (Å²) >= 11 is 3.45. The van der Waals surface area contributed by atoms with E-state index in [0.717, 1.165) is 15.6 Å². The summed E-state index contributed by atoms with van der Waals surface area (Å²) in [5.41, 5.74) is 2.01. The van der Waals surface area contributed by atoms with E-state index in [4.69, 9.17) is 5.11 Å². The molecule has 2 rings (SSSR count). The van der Waals surface area contributed by atoms with E-state index < -0.39 is 5.97 Å². The maximum atomic E-state index is 10.5. The normalized spacial score (nSPS) is 10.6. The summed E-state index contributed by atoms with van der Waals surface area (Å²) in [5, 5.41) is 20.2. The number of hydrogen-bond acceptors (Lipinski definition) is 4. The second-order valence-electron chi connectivity index (χ2n) is 4.19. The van der Waals surface area contributed by atoms with Crippen molar-refractivity contribution in [2.24, 2.45) is 0 Å². The number of aliphatic carboxylic acids is 1. The van der Waals surface area contributed by atoms with Gasteiger partial charge in [0.25, 0.3) is 0 Å². The molecule has 0 saturated heterocycles. The number of tetrazole rings is 1. The molecule has 7 heteroatoms. The fourth-order valence-electron chi connectivity index (χ4n) is 1.73. The van der Waals surface area contributed by atoms with Crippen LogP contribution in [0.3, 0.4) is 0 Å². The molecule has 0 spiro atoms. The highest BCUT2D eigenvalue weighted by atomic mass is 79.9. The number of rotatable bonds is 5. The number of aryl methyl sites for hydroxylation is 2. The van der Waals surface area contributed by atoms with Crippen LogP contribution >= 0.6 is 15.9 Å². The van der Waals surface area contributed by atoms with Gasteiger partial charge >= 0.3 is 5.97 Å². The van der Waals surface area contributed by atoms with Gasteiger partial charge in [-0.1, -0.05) is 15.9 Å². The number of carboxylic acid groups (broad SMARTS) is 1. The average molecular weight is 325 g/mol. The van der Waals surface area contributed by atoms with Crippen LogP contribution in [-0.2, 0) is 11.3 Å². The predicted molar refractivity (Wildman–Crippen MR) is 72.6 cm³/mol. The van der Waals surface area contributed by atoms with Crippen LogP contribution in [0.5, 0.6) is 0 Å². The highest BCUT2D eigenvalue weighted by molar-refractivity contribution is 9.10. The van der Waals surface area contributed by atoms with Gasteiger partial charge in [0, 0.05) is 23.0 Å². The smallest absolute Gasteiger partial charge is 0.303 e. The Morgan fingerprint density at radius 1 is 1.47 bits per heavy atom. The summed E-state index contributed by atoms with van der Waals surface area (Å²) in [6, 6.07) is 5.86. The molecule has 1 N–H and O–H groups in total. The summed E-state index contributed by atoms with van der Waals surface area (Å²) in [4.78, 5) is 10.5. The fraction of sp³-hybridized carbons (Fsp3) is 0.333. The number of benzene rings is 1. The molecule has 0 saturated carbocycles. The highest BCUT2D eigenvalue weighted by Crippen LogP contribution is 2.23. The maximum absolute atomic E-state index is 10.5. The quantitative estimate of drug-likeness (QED) is 0.912. The zero-order valence-corrected chi connectivity index (χ0v) is 12.0. The first kappa shape index (κ1) is 13.7. The van der Waals surface area contributed by atoms with Gasteiger partial charge in [0.05, 0.1) is 0 Å². The standard InChI is InChI=1S/C12H13BrN4O2/c1-8-7-9(4-5-10(8)13)12-14-15-16-17(12)6-2-3-11(18)19/h4-5,7H,2-3,6H2,1H3,(H,18,19). The molecule has 100 valence electrons. The van der Waals surface area contributed by atoms with Crippen molar-refractivity contribution in [1.82, 2.24) is 20.2 Å². The SMILES string of the molecule is Cc1cc(-c2nnnn2CCCC(=O)O)ccc1Br. The van der Waals surface area contributed by atoms with Crippen LogP contribution in [0.2, 0.25) is 0 Å². The van der Waals surface area contributed by atoms with Crippen molar-refractivity contribution >= 4 is 21.9 Å². The number of carbonyl (C=O) groups is 1.